The number of rotatable bonds is 2. The van der Waals surface area contributed by atoms with Crippen molar-refractivity contribution in [1.29, 1.82) is 0 Å². The number of nitrogens with zero attached hydrogens (tertiary/aromatic N) is 3. The lowest BCUT2D eigenvalue weighted by atomic mass is 10.1. The lowest BCUT2D eigenvalue weighted by Crippen LogP contribution is -2.21. The highest BCUT2D eigenvalue weighted by atomic mass is 19.4. The van der Waals surface area contributed by atoms with Crippen molar-refractivity contribution in [3.63, 3.8) is 0 Å². The Labute approximate surface area is 111 Å². The Morgan fingerprint density at radius 2 is 2.00 bits per heavy atom. The van der Waals surface area contributed by atoms with Crippen LogP contribution in [0.25, 0.3) is 11.3 Å². The van der Waals surface area contributed by atoms with Crippen LogP contribution in [0.5, 0.6) is 5.75 Å². The van der Waals surface area contributed by atoms with E-state index in [2.05, 4.69) is 10.2 Å². The summed E-state index contributed by atoms with van der Waals surface area (Å²) in [6.07, 6.45) is -3.28. The van der Waals surface area contributed by atoms with Gasteiger partial charge < -0.3 is 4.74 Å². The van der Waals surface area contributed by atoms with Crippen molar-refractivity contribution in [2.75, 3.05) is 7.11 Å². The van der Waals surface area contributed by atoms with Gasteiger partial charge >= 0.3 is 6.18 Å². The molecule has 1 heterocycles. The third kappa shape index (κ3) is 2.49. The Balaban J connectivity index is 2.64. The van der Waals surface area contributed by atoms with Gasteiger partial charge in [0.2, 0.25) is 0 Å². The van der Waals surface area contributed by atoms with Gasteiger partial charge in [0.05, 0.1) is 12.7 Å². The number of hydrogen-bond acceptors (Lipinski definition) is 4. The van der Waals surface area contributed by atoms with Crippen LogP contribution in [0.3, 0.4) is 0 Å². The summed E-state index contributed by atoms with van der Waals surface area (Å²) in [6, 6.07) is 2.84. The molecule has 0 aliphatic carbocycles. The van der Waals surface area contributed by atoms with Crippen LogP contribution in [0.2, 0.25) is 0 Å². The second-order valence-electron chi connectivity index (χ2n) is 4.01. The van der Waals surface area contributed by atoms with Crippen molar-refractivity contribution in [2.45, 2.75) is 6.18 Å². The number of alkyl halides is 3. The van der Waals surface area contributed by atoms with E-state index in [1.165, 1.54) is 25.1 Å². The number of hydrogen-bond donors (Lipinski definition) is 0. The van der Waals surface area contributed by atoms with E-state index in [9.17, 15) is 18.0 Å². The number of aromatic nitrogens is 3. The SMILES string of the molecule is COc1cc(C(F)(F)F)ccc1-c1nncn(C)c1=O. The maximum atomic E-state index is 12.6. The van der Waals surface area contributed by atoms with Gasteiger partial charge in [0.15, 0.2) is 5.69 Å². The molecule has 0 radical (unpaired) electrons. The summed E-state index contributed by atoms with van der Waals surface area (Å²) in [7, 11) is 2.69. The minimum atomic E-state index is -4.49. The molecule has 0 saturated carbocycles. The summed E-state index contributed by atoms with van der Waals surface area (Å²) in [5, 5.41) is 7.27. The van der Waals surface area contributed by atoms with Gasteiger partial charge in [-0.25, -0.2) is 0 Å². The summed E-state index contributed by atoms with van der Waals surface area (Å²) < 4.78 is 44.0. The van der Waals surface area contributed by atoms with E-state index in [1.807, 2.05) is 0 Å². The van der Waals surface area contributed by atoms with Crippen LogP contribution in [0, 0.1) is 0 Å². The molecule has 2 rings (SSSR count). The third-order valence-electron chi connectivity index (χ3n) is 2.69. The van der Waals surface area contributed by atoms with Crippen LogP contribution in [-0.4, -0.2) is 21.9 Å². The highest BCUT2D eigenvalue weighted by Crippen LogP contribution is 2.35. The minimum absolute atomic E-state index is 0.0689. The number of benzene rings is 1. The molecule has 0 saturated heterocycles. The quantitative estimate of drug-likeness (QED) is 0.845. The number of methoxy groups -OCH3 is 1. The monoisotopic (exact) mass is 285 g/mol. The molecule has 20 heavy (non-hydrogen) atoms. The van der Waals surface area contributed by atoms with Gasteiger partial charge in [-0.3, -0.25) is 9.36 Å². The minimum Gasteiger partial charge on any atom is -0.496 e. The van der Waals surface area contributed by atoms with Crippen molar-refractivity contribution in [3.8, 4) is 17.0 Å². The van der Waals surface area contributed by atoms with E-state index in [-0.39, 0.29) is 17.0 Å². The smallest absolute Gasteiger partial charge is 0.416 e. The molecular weight excluding hydrogens is 275 g/mol. The predicted octanol–water partition coefficient (Wildman–Crippen LogP) is 1.87. The number of halogens is 3. The molecule has 2 aromatic rings. The molecule has 0 bridgehead atoms. The molecule has 0 N–H and O–H groups in total. The molecule has 5 nitrogen and oxygen atoms in total. The Morgan fingerprint density at radius 1 is 1.30 bits per heavy atom. The first-order valence-corrected chi connectivity index (χ1v) is 5.48. The van der Waals surface area contributed by atoms with E-state index in [0.717, 1.165) is 18.2 Å². The first kappa shape index (κ1) is 14.0. The van der Waals surface area contributed by atoms with Crippen molar-refractivity contribution < 1.29 is 17.9 Å². The lowest BCUT2D eigenvalue weighted by molar-refractivity contribution is -0.137. The summed E-state index contributed by atoms with van der Waals surface area (Å²) >= 11 is 0. The zero-order chi connectivity index (χ0) is 14.9. The fourth-order valence-corrected chi connectivity index (χ4v) is 1.66. The molecule has 0 unspecified atom stereocenters. The molecule has 0 amide bonds. The van der Waals surface area contributed by atoms with Crippen molar-refractivity contribution in [2.24, 2.45) is 7.05 Å². The average Bonchev–Trinajstić information content (AvgIpc) is 2.40. The number of ether oxygens (including phenoxy) is 1. The first-order valence-electron chi connectivity index (χ1n) is 5.48. The van der Waals surface area contributed by atoms with Gasteiger partial charge in [-0.15, -0.1) is 10.2 Å². The van der Waals surface area contributed by atoms with Gasteiger partial charge in [0.25, 0.3) is 5.56 Å². The fraction of sp³-hybridized carbons (Fsp3) is 0.250. The van der Waals surface area contributed by atoms with E-state index in [0.29, 0.717) is 0 Å². The van der Waals surface area contributed by atoms with Gasteiger partial charge in [-0.2, -0.15) is 13.2 Å². The first-order chi connectivity index (χ1) is 9.34. The lowest BCUT2D eigenvalue weighted by Gasteiger charge is -2.12. The summed E-state index contributed by atoms with van der Waals surface area (Å²) in [6.45, 7) is 0. The summed E-state index contributed by atoms with van der Waals surface area (Å²) in [5.41, 5.74) is -1.24. The summed E-state index contributed by atoms with van der Waals surface area (Å²) in [5.74, 6) is -0.0857. The molecule has 1 aromatic heterocycles. The average molecular weight is 285 g/mol. The largest absolute Gasteiger partial charge is 0.496 e. The molecule has 0 aliphatic heterocycles. The van der Waals surface area contributed by atoms with Gasteiger partial charge in [0.1, 0.15) is 12.1 Å². The Hall–Kier alpha value is -2.38. The molecule has 1 aromatic carbocycles. The predicted molar refractivity (Wildman–Crippen MR) is 64.3 cm³/mol. The molecule has 0 aliphatic rings. The Kier molecular flexibility index (Phi) is 3.47. The molecule has 0 atom stereocenters. The van der Waals surface area contributed by atoms with Gasteiger partial charge in [-0.05, 0) is 18.2 Å². The zero-order valence-electron chi connectivity index (χ0n) is 10.6. The molecule has 8 heteroatoms. The molecule has 106 valence electrons. The van der Waals surface area contributed by atoms with Crippen LogP contribution in [0.15, 0.2) is 29.3 Å². The number of aryl methyl sites for hydroxylation is 1. The van der Waals surface area contributed by atoms with Gasteiger partial charge in [0, 0.05) is 12.6 Å². The Bertz CT molecular complexity index is 695. The summed E-state index contributed by atoms with van der Waals surface area (Å²) in [4.78, 5) is 11.9. The van der Waals surface area contributed by atoms with Crippen LogP contribution >= 0.6 is 0 Å². The van der Waals surface area contributed by atoms with E-state index >= 15 is 0 Å². The van der Waals surface area contributed by atoms with E-state index in [4.69, 9.17) is 4.74 Å². The normalized spacial score (nSPS) is 11.4. The highest BCUT2D eigenvalue weighted by molar-refractivity contribution is 5.66. The van der Waals surface area contributed by atoms with Crippen molar-refractivity contribution >= 4 is 0 Å². The molecular formula is C12H10F3N3O2. The van der Waals surface area contributed by atoms with Crippen LogP contribution < -0.4 is 10.3 Å². The van der Waals surface area contributed by atoms with Crippen LogP contribution in [0.4, 0.5) is 13.2 Å². The molecule has 0 spiro atoms. The standard InChI is InChI=1S/C12H10F3N3O2/c1-18-6-16-17-10(11(18)19)8-4-3-7(12(13,14)15)5-9(8)20-2/h3-6H,1-2H3. The van der Waals surface area contributed by atoms with E-state index in [1.54, 1.807) is 0 Å². The molecule has 0 fully saturated rings. The van der Waals surface area contributed by atoms with Crippen molar-refractivity contribution in [3.05, 3.63) is 40.4 Å². The fourth-order valence-electron chi connectivity index (χ4n) is 1.66. The second-order valence-corrected chi connectivity index (χ2v) is 4.01. The maximum Gasteiger partial charge on any atom is 0.416 e. The zero-order valence-corrected chi connectivity index (χ0v) is 10.6. The van der Waals surface area contributed by atoms with E-state index < -0.39 is 17.3 Å². The van der Waals surface area contributed by atoms with Crippen LogP contribution in [-0.2, 0) is 13.2 Å². The highest BCUT2D eigenvalue weighted by Gasteiger charge is 2.31. The maximum absolute atomic E-state index is 12.6. The topological polar surface area (TPSA) is 57.0 Å². The Morgan fingerprint density at radius 3 is 2.60 bits per heavy atom. The van der Waals surface area contributed by atoms with Crippen LogP contribution in [0.1, 0.15) is 5.56 Å². The third-order valence-corrected chi connectivity index (χ3v) is 2.69. The second kappa shape index (κ2) is 4.95. The van der Waals surface area contributed by atoms with Gasteiger partial charge in [-0.1, -0.05) is 0 Å². The van der Waals surface area contributed by atoms with Crippen molar-refractivity contribution in [1.82, 2.24) is 14.8 Å².